The third-order valence-corrected chi connectivity index (χ3v) is 16.4. The van der Waals surface area contributed by atoms with E-state index in [-0.39, 0.29) is 6.61 Å². The lowest BCUT2D eigenvalue weighted by Crippen LogP contribution is -2.27. The van der Waals surface area contributed by atoms with Crippen LogP contribution in [0.2, 0.25) is 0 Å². The Morgan fingerprint density at radius 2 is 1.45 bits per heavy atom. The maximum Gasteiger partial charge on any atom is 0.0929 e. The van der Waals surface area contributed by atoms with Crippen LogP contribution >= 0.6 is 116 Å². The Kier molecular flexibility index (Phi) is 29.2. The van der Waals surface area contributed by atoms with Gasteiger partial charge in [-0.15, -0.1) is 94.1 Å². The standard InChI is InChI=1S/C17H36N2O2S10/c20-5-1-3-18-7-22-11-26-13-27-14-28-15-29-17-31-30-16-25-10-21-6-2-4-19-8-23-12-24-9-19/h18,20H,1-17H2. The van der Waals surface area contributed by atoms with Crippen LogP contribution in [-0.2, 0) is 4.74 Å². The summed E-state index contributed by atoms with van der Waals surface area (Å²) in [5, 5.41) is 20.3. The van der Waals surface area contributed by atoms with Gasteiger partial charge in [0.15, 0.2) is 0 Å². The molecular formula is C17H36N2O2S10. The van der Waals surface area contributed by atoms with E-state index in [1.807, 2.05) is 116 Å². The Morgan fingerprint density at radius 3 is 2.16 bits per heavy atom. The predicted molar refractivity (Wildman–Crippen MR) is 166 cm³/mol. The highest BCUT2D eigenvalue weighted by Gasteiger charge is 2.09. The summed E-state index contributed by atoms with van der Waals surface area (Å²) in [6.45, 7) is 3.26. The number of hydrogen-bond donors (Lipinski definition) is 2. The summed E-state index contributed by atoms with van der Waals surface area (Å²) in [5.74, 6) is 4.19. The first-order valence-electron chi connectivity index (χ1n) is 9.91. The summed E-state index contributed by atoms with van der Waals surface area (Å²) in [6.07, 6.45) is 2.00. The molecular weight excluding hydrogens is 585 g/mol. The van der Waals surface area contributed by atoms with Gasteiger partial charge >= 0.3 is 0 Å². The van der Waals surface area contributed by atoms with Crippen LogP contribution in [0.5, 0.6) is 0 Å². The number of rotatable bonds is 24. The molecule has 1 rings (SSSR count). The monoisotopic (exact) mass is 620 g/mol. The van der Waals surface area contributed by atoms with Crippen molar-refractivity contribution in [3.63, 3.8) is 0 Å². The number of nitrogens with zero attached hydrogens (tertiary/aromatic N) is 1. The predicted octanol–water partition coefficient (Wildman–Crippen LogP) is 6.46. The molecule has 0 atom stereocenters. The SMILES string of the molecule is OCCCNCSCSCSCSCSCSSCSCOCCCN1CSCSC1. The smallest absolute Gasteiger partial charge is 0.0929 e. The molecule has 0 unspecified atom stereocenters. The van der Waals surface area contributed by atoms with Gasteiger partial charge in [-0.3, -0.25) is 4.90 Å². The minimum atomic E-state index is 0.281. The van der Waals surface area contributed by atoms with Gasteiger partial charge in [-0.05, 0) is 19.4 Å². The largest absolute Gasteiger partial charge is 0.396 e. The van der Waals surface area contributed by atoms with Crippen molar-refractivity contribution in [2.45, 2.75) is 12.8 Å². The van der Waals surface area contributed by atoms with E-state index in [0.29, 0.717) is 0 Å². The van der Waals surface area contributed by atoms with Crippen molar-refractivity contribution >= 4 is 116 Å². The fourth-order valence-corrected chi connectivity index (χ4v) is 14.2. The summed E-state index contributed by atoms with van der Waals surface area (Å²) in [4.78, 5) is 2.51. The van der Waals surface area contributed by atoms with Crippen LogP contribution in [-0.4, -0.2) is 95.5 Å². The zero-order valence-corrected chi connectivity index (χ0v) is 26.1. The molecule has 0 aromatic carbocycles. The average Bonchev–Trinajstić information content (AvgIpc) is 2.80. The Morgan fingerprint density at radius 1 is 0.806 bits per heavy atom. The van der Waals surface area contributed by atoms with E-state index in [0.717, 1.165) is 48.0 Å². The van der Waals surface area contributed by atoms with E-state index < -0.39 is 0 Å². The van der Waals surface area contributed by atoms with Crippen molar-refractivity contribution in [2.24, 2.45) is 0 Å². The summed E-state index contributed by atoms with van der Waals surface area (Å²) in [5.41, 5.74) is 0. The topological polar surface area (TPSA) is 44.7 Å². The fourth-order valence-electron chi connectivity index (χ4n) is 2.00. The van der Waals surface area contributed by atoms with E-state index in [2.05, 4.69) is 10.2 Å². The lowest BCUT2D eigenvalue weighted by atomic mass is 10.4. The Bertz CT molecular complexity index is 361. The van der Waals surface area contributed by atoms with E-state index >= 15 is 0 Å². The van der Waals surface area contributed by atoms with Crippen LogP contribution < -0.4 is 5.32 Å². The van der Waals surface area contributed by atoms with Gasteiger partial charge < -0.3 is 15.2 Å². The van der Waals surface area contributed by atoms with Gasteiger partial charge in [0.05, 0.1) is 16.1 Å². The minimum absolute atomic E-state index is 0.281. The Hall–Kier alpha value is 3.34. The number of aliphatic hydroxyl groups is 1. The van der Waals surface area contributed by atoms with Crippen molar-refractivity contribution in [1.82, 2.24) is 10.2 Å². The molecule has 1 fully saturated rings. The van der Waals surface area contributed by atoms with Crippen LogP contribution in [0.1, 0.15) is 12.8 Å². The Balaban J connectivity index is 1.62. The number of aliphatic hydroxyl groups excluding tert-OH is 1. The molecule has 0 aliphatic carbocycles. The molecule has 1 aliphatic rings. The molecule has 0 saturated carbocycles. The number of nitrogens with one attached hydrogen (secondary N) is 1. The van der Waals surface area contributed by atoms with E-state index in [9.17, 15) is 0 Å². The van der Waals surface area contributed by atoms with Gasteiger partial charge in [0, 0.05) is 62.8 Å². The molecule has 0 aromatic rings. The minimum Gasteiger partial charge on any atom is -0.396 e. The maximum atomic E-state index is 8.70. The summed E-state index contributed by atoms with van der Waals surface area (Å²) >= 11 is 16.0. The molecule has 31 heavy (non-hydrogen) atoms. The summed E-state index contributed by atoms with van der Waals surface area (Å²) < 4.78 is 5.73. The highest BCUT2D eigenvalue weighted by Crippen LogP contribution is 2.31. The van der Waals surface area contributed by atoms with Gasteiger partial charge in [-0.25, -0.2) is 0 Å². The number of thioether (sulfide) groups is 8. The average molecular weight is 621 g/mol. The van der Waals surface area contributed by atoms with Gasteiger partial charge in [-0.2, -0.15) is 0 Å². The zero-order chi connectivity index (χ0) is 22.1. The van der Waals surface area contributed by atoms with E-state index in [1.165, 1.54) is 43.7 Å². The third-order valence-electron chi connectivity index (χ3n) is 3.37. The molecule has 1 saturated heterocycles. The van der Waals surface area contributed by atoms with Crippen LogP contribution in [0.3, 0.4) is 0 Å². The normalized spacial score (nSPS) is 15.0. The van der Waals surface area contributed by atoms with E-state index in [4.69, 9.17) is 9.84 Å². The molecule has 0 radical (unpaired) electrons. The van der Waals surface area contributed by atoms with Gasteiger partial charge in [0.25, 0.3) is 0 Å². The van der Waals surface area contributed by atoms with Crippen molar-refractivity contribution in [3.05, 3.63) is 0 Å². The molecule has 186 valence electrons. The quantitative estimate of drug-likeness (QED) is 0.0705. The number of hydrogen-bond acceptors (Lipinski definition) is 14. The molecule has 14 heteroatoms. The molecule has 0 amide bonds. The third kappa shape index (κ3) is 24.8. The molecule has 0 spiro atoms. The van der Waals surface area contributed by atoms with Crippen LogP contribution in [0.15, 0.2) is 0 Å². The molecule has 4 nitrogen and oxygen atoms in total. The zero-order valence-electron chi connectivity index (χ0n) is 17.9. The van der Waals surface area contributed by atoms with Gasteiger partial charge in [0.1, 0.15) is 0 Å². The van der Waals surface area contributed by atoms with Crippen LogP contribution in [0, 0.1) is 0 Å². The first kappa shape index (κ1) is 32.4. The van der Waals surface area contributed by atoms with Crippen LogP contribution in [0.4, 0.5) is 0 Å². The van der Waals surface area contributed by atoms with Crippen LogP contribution in [0.25, 0.3) is 0 Å². The summed E-state index contributed by atoms with van der Waals surface area (Å²) in [6, 6.07) is 0. The molecule has 1 heterocycles. The Labute approximate surface area is 231 Å². The molecule has 1 aliphatic heterocycles. The first-order chi connectivity index (χ1) is 15.4. The van der Waals surface area contributed by atoms with Crippen molar-refractivity contribution in [3.8, 4) is 0 Å². The molecule has 0 bridgehead atoms. The lowest BCUT2D eigenvalue weighted by Gasteiger charge is -2.25. The second-order valence-electron chi connectivity index (χ2n) is 5.95. The fraction of sp³-hybridized carbons (Fsp3) is 1.00. The highest BCUT2D eigenvalue weighted by molar-refractivity contribution is 8.79. The van der Waals surface area contributed by atoms with Crippen molar-refractivity contribution in [1.29, 1.82) is 0 Å². The van der Waals surface area contributed by atoms with Crippen molar-refractivity contribution in [2.75, 3.05) is 85.5 Å². The van der Waals surface area contributed by atoms with E-state index in [1.54, 1.807) is 0 Å². The molecule has 0 aromatic heterocycles. The highest BCUT2D eigenvalue weighted by atomic mass is 33.1. The maximum absolute atomic E-state index is 8.70. The first-order valence-corrected chi connectivity index (χ1v) is 21.6. The second kappa shape index (κ2) is 27.9. The summed E-state index contributed by atoms with van der Waals surface area (Å²) in [7, 11) is 3.92. The number of ether oxygens (including phenoxy) is 1. The molecule has 2 N–H and O–H groups in total. The second-order valence-corrected chi connectivity index (χ2v) is 18.7. The van der Waals surface area contributed by atoms with Crippen molar-refractivity contribution < 1.29 is 9.84 Å². The lowest BCUT2D eigenvalue weighted by molar-refractivity contribution is 0.168. The van der Waals surface area contributed by atoms with Gasteiger partial charge in [-0.1, -0.05) is 21.6 Å². The van der Waals surface area contributed by atoms with Gasteiger partial charge in [0.2, 0.25) is 0 Å².